The Morgan fingerprint density at radius 1 is 1.00 bits per heavy atom. The maximum absolute atomic E-state index is 13.1. The molecule has 5 aromatic rings. The van der Waals surface area contributed by atoms with Crippen molar-refractivity contribution in [2.75, 3.05) is 10.6 Å². The Hall–Kier alpha value is -5.00. The van der Waals surface area contributed by atoms with E-state index in [9.17, 15) is 18.8 Å². The quantitative estimate of drug-likeness (QED) is 0.410. The summed E-state index contributed by atoms with van der Waals surface area (Å²) in [7, 11) is 0. The lowest BCUT2D eigenvalue weighted by Crippen LogP contribution is -2.25. The smallest absolute Gasteiger partial charge is 0.283 e. The van der Waals surface area contributed by atoms with Gasteiger partial charge in [-0.1, -0.05) is 0 Å². The maximum Gasteiger partial charge on any atom is 0.283 e. The Morgan fingerprint density at radius 3 is 2.62 bits per heavy atom. The van der Waals surface area contributed by atoms with Crippen molar-refractivity contribution in [1.29, 1.82) is 0 Å². The van der Waals surface area contributed by atoms with Gasteiger partial charge in [0.05, 0.1) is 23.5 Å². The van der Waals surface area contributed by atoms with Crippen molar-refractivity contribution < 1.29 is 14.0 Å². The average Bonchev–Trinajstić information content (AvgIpc) is 3.30. The molecule has 2 amide bonds. The number of nitrogens with one attached hydrogen (secondary N) is 2. The molecule has 168 valence electrons. The number of rotatable bonds is 5. The lowest BCUT2D eigenvalue weighted by molar-refractivity contribution is -0.116. The van der Waals surface area contributed by atoms with Crippen molar-refractivity contribution in [2.24, 2.45) is 0 Å². The van der Waals surface area contributed by atoms with Gasteiger partial charge in [0.1, 0.15) is 29.5 Å². The summed E-state index contributed by atoms with van der Waals surface area (Å²) in [6, 6.07) is 10.3. The fourth-order valence-corrected chi connectivity index (χ4v) is 3.39. The van der Waals surface area contributed by atoms with Crippen LogP contribution in [0, 0.1) is 5.82 Å². The number of carbonyl (C=O) groups is 2. The molecule has 0 aliphatic heterocycles. The molecule has 12 heteroatoms. The lowest BCUT2D eigenvalue weighted by atomic mass is 10.3. The number of fused-ring (bicyclic) bond motifs is 2. The van der Waals surface area contributed by atoms with Gasteiger partial charge >= 0.3 is 0 Å². The second kappa shape index (κ2) is 8.50. The van der Waals surface area contributed by atoms with Crippen LogP contribution in [0.5, 0.6) is 0 Å². The van der Waals surface area contributed by atoms with E-state index >= 15 is 0 Å². The summed E-state index contributed by atoms with van der Waals surface area (Å²) in [6.45, 7) is -0.272. The molecule has 0 saturated heterocycles. The standard InChI is InChI=1S/C22H15FN8O3/c23-13-5-6-17(26-10-13)28-18(32)12-30-19-9-16(21(33)27-14-3-1-7-24-11-14)29-31(19)22(34)15-4-2-8-25-20(15)30/h1-11H,12H2,(H,27,33)(H,26,28,32). The third-order valence-corrected chi connectivity index (χ3v) is 4.88. The van der Waals surface area contributed by atoms with Gasteiger partial charge in [-0.15, -0.1) is 0 Å². The minimum Gasteiger partial charge on any atom is -0.319 e. The largest absolute Gasteiger partial charge is 0.319 e. The molecular weight excluding hydrogens is 443 g/mol. The van der Waals surface area contributed by atoms with E-state index in [1.54, 1.807) is 30.5 Å². The molecule has 5 aromatic heterocycles. The molecule has 5 heterocycles. The van der Waals surface area contributed by atoms with Crippen molar-refractivity contribution in [3.63, 3.8) is 0 Å². The number of pyridine rings is 3. The van der Waals surface area contributed by atoms with Crippen LogP contribution in [0.15, 0.2) is 72.0 Å². The molecule has 0 aliphatic rings. The molecule has 0 unspecified atom stereocenters. The van der Waals surface area contributed by atoms with Crippen LogP contribution in [0.3, 0.4) is 0 Å². The van der Waals surface area contributed by atoms with Crippen LogP contribution in [-0.4, -0.2) is 40.9 Å². The average molecular weight is 458 g/mol. The number of amides is 2. The van der Waals surface area contributed by atoms with E-state index in [1.165, 1.54) is 35.2 Å². The summed E-state index contributed by atoms with van der Waals surface area (Å²) >= 11 is 0. The number of hydrogen-bond donors (Lipinski definition) is 2. The summed E-state index contributed by atoms with van der Waals surface area (Å²) in [4.78, 5) is 50.5. The predicted molar refractivity (Wildman–Crippen MR) is 120 cm³/mol. The van der Waals surface area contributed by atoms with Crippen molar-refractivity contribution in [2.45, 2.75) is 6.54 Å². The summed E-state index contributed by atoms with van der Waals surface area (Å²) < 4.78 is 15.6. The molecule has 0 atom stereocenters. The van der Waals surface area contributed by atoms with Crippen LogP contribution in [0.1, 0.15) is 10.5 Å². The van der Waals surface area contributed by atoms with E-state index in [2.05, 4.69) is 30.7 Å². The van der Waals surface area contributed by atoms with Gasteiger partial charge in [-0.3, -0.25) is 19.4 Å². The minimum atomic E-state index is -0.556. The van der Waals surface area contributed by atoms with Crippen molar-refractivity contribution >= 4 is 40.0 Å². The first-order valence-electron chi connectivity index (χ1n) is 10.00. The molecule has 0 spiro atoms. The van der Waals surface area contributed by atoms with E-state index in [0.29, 0.717) is 5.69 Å². The summed E-state index contributed by atoms with van der Waals surface area (Å²) in [6.07, 6.45) is 5.51. The van der Waals surface area contributed by atoms with Gasteiger partial charge < -0.3 is 15.2 Å². The lowest BCUT2D eigenvalue weighted by Gasteiger charge is -2.12. The monoisotopic (exact) mass is 458 g/mol. The van der Waals surface area contributed by atoms with E-state index < -0.39 is 23.2 Å². The van der Waals surface area contributed by atoms with Gasteiger partial charge in [0.25, 0.3) is 11.5 Å². The van der Waals surface area contributed by atoms with Gasteiger partial charge in [0, 0.05) is 18.5 Å². The molecule has 0 aromatic carbocycles. The first-order valence-corrected chi connectivity index (χ1v) is 10.00. The summed E-state index contributed by atoms with van der Waals surface area (Å²) in [5.74, 6) is -1.43. The second-order valence-electron chi connectivity index (χ2n) is 7.17. The molecule has 0 bridgehead atoms. The highest BCUT2D eigenvalue weighted by Gasteiger charge is 2.19. The van der Waals surface area contributed by atoms with Crippen LogP contribution < -0.4 is 16.2 Å². The highest BCUT2D eigenvalue weighted by Crippen LogP contribution is 2.15. The highest BCUT2D eigenvalue weighted by molar-refractivity contribution is 6.03. The Bertz CT molecular complexity index is 1600. The zero-order chi connectivity index (χ0) is 23.7. The molecular formula is C22H15FN8O3. The predicted octanol–water partition coefficient (Wildman–Crippen LogP) is 1.86. The maximum atomic E-state index is 13.1. The zero-order valence-electron chi connectivity index (χ0n) is 17.3. The Labute approximate surface area is 189 Å². The first-order chi connectivity index (χ1) is 16.5. The Morgan fingerprint density at radius 2 is 1.85 bits per heavy atom. The van der Waals surface area contributed by atoms with Crippen LogP contribution in [0.25, 0.3) is 16.7 Å². The molecule has 11 nitrogen and oxygen atoms in total. The summed E-state index contributed by atoms with van der Waals surface area (Å²) in [5.41, 5.74) is 0.356. The molecule has 0 saturated carbocycles. The van der Waals surface area contributed by atoms with Crippen LogP contribution in [-0.2, 0) is 11.3 Å². The van der Waals surface area contributed by atoms with Crippen molar-refractivity contribution in [3.05, 3.63) is 89.1 Å². The van der Waals surface area contributed by atoms with Gasteiger partial charge in [0.2, 0.25) is 5.91 Å². The van der Waals surface area contributed by atoms with Crippen LogP contribution in [0.2, 0.25) is 0 Å². The van der Waals surface area contributed by atoms with Crippen molar-refractivity contribution in [1.82, 2.24) is 29.1 Å². The molecule has 0 radical (unpaired) electrons. The highest BCUT2D eigenvalue weighted by atomic mass is 19.1. The molecule has 34 heavy (non-hydrogen) atoms. The van der Waals surface area contributed by atoms with E-state index in [0.717, 1.165) is 10.7 Å². The Kier molecular flexibility index (Phi) is 5.22. The Balaban J connectivity index is 1.55. The SMILES string of the molecule is O=C(Cn1c2ncccc2c(=O)n2nc(C(=O)Nc3cccnc3)cc12)Nc1ccc(F)cn1. The number of anilines is 2. The minimum absolute atomic E-state index is 0.0365. The van der Waals surface area contributed by atoms with Crippen LogP contribution >= 0.6 is 0 Å². The van der Waals surface area contributed by atoms with E-state index in [1.807, 2.05) is 0 Å². The summed E-state index contributed by atoms with van der Waals surface area (Å²) in [5, 5.41) is 9.59. The van der Waals surface area contributed by atoms with E-state index in [-0.39, 0.29) is 34.7 Å². The van der Waals surface area contributed by atoms with Gasteiger partial charge in [0.15, 0.2) is 5.69 Å². The molecule has 5 rings (SSSR count). The number of nitrogens with zero attached hydrogens (tertiary/aromatic N) is 6. The fraction of sp³-hybridized carbons (Fsp3) is 0.0455. The molecule has 2 N–H and O–H groups in total. The number of hydrogen-bond acceptors (Lipinski definition) is 7. The number of aromatic nitrogens is 6. The molecule has 0 aliphatic carbocycles. The normalized spacial score (nSPS) is 11.0. The number of carbonyl (C=O) groups excluding carboxylic acids is 2. The second-order valence-corrected chi connectivity index (χ2v) is 7.17. The van der Waals surface area contributed by atoms with Gasteiger partial charge in [-0.25, -0.2) is 14.4 Å². The zero-order valence-corrected chi connectivity index (χ0v) is 17.3. The van der Waals surface area contributed by atoms with Crippen molar-refractivity contribution in [3.8, 4) is 0 Å². The van der Waals surface area contributed by atoms with E-state index in [4.69, 9.17) is 0 Å². The fourth-order valence-electron chi connectivity index (χ4n) is 3.39. The third kappa shape index (κ3) is 3.95. The number of halogens is 1. The van der Waals surface area contributed by atoms with Gasteiger partial charge in [-0.05, 0) is 36.4 Å². The first kappa shape index (κ1) is 20.9. The topological polar surface area (TPSA) is 136 Å². The third-order valence-electron chi connectivity index (χ3n) is 4.88. The molecule has 0 fully saturated rings. The van der Waals surface area contributed by atoms with Gasteiger partial charge in [-0.2, -0.15) is 9.61 Å². The van der Waals surface area contributed by atoms with Crippen LogP contribution in [0.4, 0.5) is 15.9 Å².